The first-order valence-corrected chi connectivity index (χ1v) is 11.0. The van der Waals surface area contributed by atoms with Gasteiger partial charge in [0.1, 0.15) is 16.9 Å². The number of benzene rings is 2. The van der Waals surface area contributed by atoms with Crippen LogP contribution in [0.1, 0.15) is 18.3 Å². The summed E-state index contributed by atoms with van der Waals surface area (Å²) in [4.78, 5) is 14.3. The highest BCUT2D eigenvalue weighted by Crippen LogP contribution is 2.33. The molecule has 30 heavy (non-hydrogen) atoms. The number of aromatic nitrogens is 2. The summed E-state index contributed by atoms with van der Waals surface area (Å²) in [6, 6.07) is 13.8. The summed E-state index contributed by atoms with van der Waals surface area (Å²) < 4.78 is 6.18. The van der Waals surface area contributed by atoms with Gasteiger partial charge in [-0.3, -0.25) is 4.90 Å². The number of fused-ring (bicyclic) bond motifs is 3. The molecule has 2 aromatic heterocycles. The highest BCUT2D eigenvalue weighted by molar-refractivity contribution is 6.35. The zero-order valence-corrected chi connectivity index (χ0v) is 18.2. The van der Waals surface area contributed by atoms with E-state index >= 15 is 0 Å². The summed E-state index contributed by atoms with van der Waals surface area (Å²) in [5, 5.41) is 2.43. The normalized spacial score (nSPS) is 15.4. The number of hydrogen-bond acceptors (Lipinski definition) is 5. The Hall–Kier alpha value is -2.34. The summed E-state index contributed by atoms with van der Waals surface area (Å²) in [5.74, 6) is 1.75. The topological polar surface area (TPSA) is 45.4 Å². The van der Waals surface area contributed by atoms with E-state index in [1.165, 1.54) is 0 Å². The molecule has 0 N–H and O–H groups in total. The molecule has 0 aliphatic carbocycles. The fraction of sp³-hybridized carbons (Fsp3) is 0.304. The molecule has 0 spiro atoms. The minimum Gasteiger partial charge on any atom is -0.450 e. The Kier molecular flexibility index (Phi) is 5.27. The van der Waals surface area contributed by atoms with Gasteiger partial charge in [-0.2, -0.15) is 0 Å². The van der Waals surface area contributed by atoms with Gasteiger partial charge in [0.25, 0.3) is 0 Å². The lowest BCUT2D eigenvalue weighted by Gasteiger charge is -2.35. The lowest BCUT2D eigenvalue weighted by molar-refractivity contribution is 0.249. The first-order valence-electron chi connectivity index (χ1n) is 10.2. The molecule has 4 aromatic rings. The van der Waals surface area contributed by atoms with Gasteiger partial charge in [0.15, 0.2) is 11.4 Å². The molecule has 0 amide bonds. The molecule has 0 unspecified atom stereocenters. The first-order chi connectivity index (χ1) is 14.6. The summed E-state index contributed by atoms with van der Waals surface area (Å²) >= 11 is 12.4. The van der Waals surface area contributed by atoms with E-state index in [2.05, 4.69) is 22.8 Å². The molecular formula is C23H22Cl2N4O. The van der Waals surface area contributed by atoms with E-state index in [9.17, 15) is 0 Å². The SMILES string of the molecule is CCc1nc(N2CCN(Cc3ccc(Cl)cc3Cl)CC2)c2oc3ccccc3c2n1. The van der Waals surface area contributed by atoms with Crippen LogP contribution in [-0.2, 0) is 13.0 Å². The highest BCUT2D eigenvalue weighted by atomic mass is 35.5. The van der Waals surface area contributed by atoms with E-state index in [-0.39, 0.29) is 0 Å². The molecule has 5 rings (SSSR count). The minimum atomic E-state index is 0.666. The molecule has 0 saturated carbocycles. The maximum absolute atomic E-state index is 6.36. The summed E-state index contributed by atoms with van der Waals surface area (Å²) in [7, 11) is 0. The molecular weight excluding hydrogens is 419 g/mol. The van der Waals surface area contributed by atoms with Crippen molar-refractivity contribution in [2.75, 3.05) is 31.1 Å². The number of furan rings is 1. The summed E-state index contributed by atoms with van der Waals surface area (Å²) in [6.07, 6.45) is 0.789. The number of aryl methyl sites for hydroxylation is 1. The van der Waals surface area contributed by atoms with Crippen LogP contribution in [0.5, 0.6) is 0 Å². The number of hydrogen-bond donors (Lipinski definition) is 0. The quantitative estimate of drug-likeness (QED) is 0.415. The number of piperazine rings is 1. The van der Waals surface area contributed by atoms with Crippen LogP contribution in [0.3, 0.4) is 0 Å². The Morgan fingerprint density at radius 2 is 1.80 bits per heavy atom. The van der Waals surface area contributed by atoms with Crippen LogP contribution in [0.15, 0.2) is 46.9 Å². The van der Waals surface area contributed by atoms with E-state index in [0.29, 0.717) is 5.02 Å². The Balaban J connectivity index is 1.40. The third-order valence-electron chi connectivity index (χ3n) is 5.65. The average molecular weight is 441 g/mol. The van der Waals surface area contributed by atoms with Crippen molar-refractivity contribution in [3.63, 3.8) is 0 Å². The molecule has 1 saturated heterocycles. The molecule has 7 heteroatoms. The molecule has 0 bridgehead atoms. The van der Waals surface area contributed by atoms with Crippen molar-refractivity contribution in [2.24, 2.45) is 0 Å². The maximum atomic E-state index is 6.36. The molecule has 1 fully saturated rings. The first kappa shape index (κ1) is 19.6. The van der Waals surface area contributed by atoms with Gasteiger partial charge in [-0.25, -0.2) is 9.97 Å². The van der Waals surface area contributed by atoms with E-state index < -0.39 is 0 Å². The van der Waals surface area contributed by atoms with Gasteiger partial charge in [0.2, 0.25) is 0 Å². The van der Waals surface area contributed by atoms with Crippen molar-refractivity contribution in [1.82, 2.24) is 14.9 Å². The zero-order chi connectivity index (χ0) is 20.7. The monoisotopic (exact) mass is 440 g/mol. The van der Waals surface area contributed by atoms with Gasteiger partial charge in [0.05, 0.1) is 0 Å². The molecule has 0 atom stereocenters. The van der Waals surface area contributed by atoms with E-state index in [1.54, 1.807) is 6.07 Å². The lowest BCUT2D eigenvalue weighted by atomic mass is 10.2. The molecule has 5 nitrogen and oxygen atoms in total. The number of nitrogens with zero attached hydrogens (tertiary/aromatic N) is 4. The average Bonchev–Trinajstić information content (AvgIpc) is 3.14. The highest BCUT2D eigenvalue weighted by Gasteiger charge is 2.24. The van der Waals surface area contributed by atoms with Crippen molar-refractivity contribution in [3.8, 4) is 0 Å². The third-order valence-corrected chi connectivity index (χ3v) is 6.23. The predicted octanol–water partition coefficient (Wildman–Crippen LogP) is 5.57. The fourth-order valence-corrected chi connectivity index (χ4v) is 4.47. The van der Waals surface area contributed by atoms with E-state index in [0.717, 1.165) is 83.4 Å². The second-order valence-electron chi connectivity index (χ2n) is 7.59. The zero-order valence-electron chi connectivity index (χ0n) is 16.7. The third kappa shape index (κ3) is 3.62. The largest absolute Gasteiger partial charge is 0.450 e. The second-order valence-corrected chi connectivity index (χ2v) is 8.44. The van der Waals surface area contributed by atoms with Crippen LogP contribution < -0.4 is 4.90 Å². The lowest BCUT2D eigenvalue weighted by Crippen LogP contribution is -2.46. The van der Waals surface area contributed by atoms with Gasteiger partial charge < -0.3 is 9.32 Å². The van der Waals surface area contributed by atoms with Crippen LogP contribution in [0, 0.1) is 0 Å². The van der Waals surface area contributed by atoms with Gasteiger partial charge in [-0.15, -0.1) is 0 Å². The number of para-hydroxylation sites is 1. The standard InChI is InChI=1S/C23H22Cl2N4O/c1-2-20-26-21-17-5-3-4-6-19(17)30-22(21)23(27-20)29-11-9-28(10-12-29)14-15-7-8-16(24)13-18(15)25/h3-8,13H,2,9-12,14H2,1H3. The summed E-state index contributed by atoms with van der Waals surface area (Å²) in [6.45, 7) is 6.49. The molecule has 1 aliphatic heterocycles. The summed E-state index contributed by atoms with van der Waals surface area (Å²) in [5.41, 5.74) is 3.64. The van der Waals surface area contributed by atoms with Crippen LogP contribution in [0.2, 0.25) is 10.0 Å². The van der Waals surface area contributed by atoms with Crippen molar-refractivity contribution >= 4 is 51.1 Å². The Morgan fingerprint density at radius 1 is 1.00 bits per heavy atom. The van der Waals surface area contributed by atoms with Crippen LogP contribution in [0.25, 0.3) is 22.1 Å². The van der Waals surface area contributed by atoms with E-state index in [1.807, 2.05) is 30.3 Å². The van der Waals surface area contributed by atoms with Gasteiger partial charge in [-0.1, -0.05) is 48.3 Å². The second kappa shape index (κ2) is 8.06. The number of halogens is 2. The molecule has 1 aliphatic rings. The van der Waals surface area contributed by atoms with Crippen molar-refractivity contribution in [3.05, 3.63) is 63.9 Å². The number of rotatable bonds is 4. The molecule has 3 heterocycles. The van der Waals surface area contributed by atoms with Crippen LogP contribution in [-0.4, -0.2) is 41.0 Å². The Labute approximate surface area is 185 Å². The number of anilines is 1. The predicted molar refractivity (Wildman–Crippen MR) is 123 cm³/mol. The minimum absolute atomic E-state index is 0.666. The maximum Gasteiger partial charge on any atom is 0.196 e. The van der Waals surface area contributed by atoms with Gasteiger partial charge in [0, 0.05) is 54.6 Å². The van der Waals surface area contributed by atoms with Crippen molar-refractivity contribution < 1.29 is 4.42 Å². The van der Waals surface area contributed by atoms with Crippen molar-refractivity contribution in [2.45, 2.75) is 19.9 Å². The Bertz CT molecular complexity index is 1210. The molecule has 154 valence electrons. The van der Waals surface area contributed by atoms with Crippen LogP contribution in [0.4, 0.5) is 5.82 Å². The van der Waals surface area contributed by atoms with Gasteiger partial charge in [-0.05, 0) is 29.8 Å². The molecule has 0 radical (unpaired) electrons. The fourth-order valence-electron chi connectivity index (χ4n) is 4.00. The van der Waals surface area contributed by atoms with Crippen molar-refractivity contribution in [1.29, 1.82) is 0 Å². The molecule has 2 aromatic carbocycles. The van der Waals surface area contributed by atoms with E-state index in [4.69, 9.17) is 37.6 Å². The smallest absolute Gasteiger partial charge is 0.196 e. The van der Waals surface area contributed by atoms with Gasteiger partial charge >= 0.3 is 0 Å². The van der Waals surface area contributed by atoms with Crippen LogP contribution >= 0.6 is 23.2 Å². The Morgan fingerprint density at radius 3 is 2.57 bits per heavy atom.